The molecule has 1 aromatic rings. The molecule has 1 aromatic carbocycles. The lowest BCUT2D eigenvalue weighted by molar-refractivity contribution is 0.0938. The normalized spacial score (nSPS) is 19.2. The van der Waals surface area contributed by atoms with Crippen LogP contribution in [0.5, 0.6) is 5.75 Å². The molecular weight excluding hydrogens is 288 g/mol. The number of hydrogen-bond acceptors (Lipinski definition) is 4. The number of likely N-dealkylation sites (N-methyl/N-ethyl adjacent to an activating group) is 1. The molecule has 0 radical (unpaired) electrons. The van der Waals surface area contributed by atoms with Crippen LogP contribution in [-0.4, -0.2) is 63.0 Å². The second kappa shape index (κ2) is 7.25. The van der Waals surface area contributed by atoms with Gasteiger partial charge >= 0.3 is 0 Å². The van der Waals surface area contributed by atoms with Gasteiger partial charge in [-0.15, -0.1) is 0 Å². The zero-order chi connectivity index (χ0) is 15.4. The first-order valence-electron chi connectivity index (χ1n) is 7.23. The van der Waals surface area contributed by atoms with E-state index in [9.17, 15) is 4.79 Å². The summed E-state index contributed by atoms with van der Waals surface area (Å²) in [5.74, 6) is 1.34. The van der Waals surface area contributed by atoms with Crippen molar-refractivity contribution in [2.45, 2.75) is 6.42 Å². The van der Waals surface area contributed by atoms with Gasteiger partial charge in [0, 0.05) is 18.7 Å². The topological polar surface area (TPSA) is 32.8 Å². The van der Waals surface area contributed by atoms with Crippen LogP contribution in [-0.2, 0) is 0 Å². The Morgan fingerprint density at radius 1 is 1.52 bits per heavy atom. The quantitative estimate of drug-likeness (QED) is 0.756. The van der Waals surface area contributed by atoms with E-state index in [0.29, 0.717) is 28.8 Å². The average Bonchev–Trinajstić information content (AvgIpc) is 2.83. The van der Waals surface area contributed by atoms with Crippen LogP contribution in [0.3, 0.4) is 0 Å². The SMILES string of the molecule is COc1ccc(C(=O)CN(C)CC2CCN(C)C2)cc1Cl. The summed E-state index contributed by atoms with van der Waals surface area (Å²) in [6.07, 6.45) is 1.21. The molecule has 116 valence electrons. The van der Waals surface area contributed by atoms with Gasteiger partial charge in [0.2, 0.25) is 0 Å². The number of hydrogen-bond donors (Lipinski definition) is 0. The molecule has 21 heavy (non-hydrogen) atoms. The molecule has 0 N–H and O–H groups in total. The number of ketones is 1. The Hall–Kier alpha value is -1.10. The molecule has 1 fully saturated rings. The molecule has 0 amide bonds. The van der Waals surface area contributed by atoms with E-state index in [4.69, 9.17) is 16.3 Å². The molecule has 2 rings (SSSR count). The van der Waals surface area contributed by atoms with E-state index in [0.717, 1.165) is 19.6 Å². The predicted octanol–water partition coefficient (Wildman–Crippen LogP) is 2.41. The number of halogens is 1. The minimum Gasteiger partial charge on any atom is -0.495 e. The van der Waals surface area contributed by atoms with Gasteiger partial charge in [-0.25, -0.2) is 0 Å². The average molecular weight is 311 g/mol. The van der Waals surface area contributed by atoms with Crippen LogP contribution in [0.2, 0.25) is 5.02 Å². The van der Waals surface area contributed by atoms with Crippen LogP contribution in [0.4, 0.5) is 0 Å². The van der Waals surface area contributed by atoms with Gasteiger partial charge in [0.25, 0.3) is 0 Å². The summed E-state index contributed by atoms with van der Waals surface area (Å²) >= 11 is 6.07. The van der Waals surface area contributed by atoms with Crippen LogP contribution in [0, 0.1) is 5.92 Å². The highest BCUT2D eigenvalue weighted by molar-refractivity contribution is 6.32. The van der Waals surface area contributed by atoms with Gasteiger partial charge in [-0.1, -0.05) is 11.6 Å². The smallest absolute Gasteiger partial charge is 0.176 e. The molecule has 0 aliphatic carbocycles. The lowest BCUT2D eigenvalue weighted by atomic mass is 10.1. The molecule has 0 aromatic heterocycles. The van der Waals surface area contributed by atoms with E-state index in [1.165, 1.54) is 6.42 Å². The third kappa shape index (κ3) is 4.43. The zero-order valence-corrected chi connectivity index (χ0v) is 13.7. The lowest BCUT2D eigenvalue weighted by Crippen LogP contribution is -2.31. The first-order valence-corrected chi connectivity index (χ1v) is 7.61. The van der Waals surface area contributed by atoms with Gasteiger partial charge in [-0.3, -0.25) is 9.69 Å². The first-order chi connectivity index (χ1) is 9.99. The van der Waals surface area contributed by atoms with Crippen LogP contribution in [0.15, 0.2) is 18.2 Å². The molecule has 1 saturated heterocycles. The van der Waals surface area contributed by atoms with Gasteiger partial charge in [0.15, 0.2) is 5.78 Å². The van der Waals surface area contributed by atoms with Gasteiger partial charge < -0.3 is 9.64 Å². The standard InChI is InChI=1S/C16H23ClN2O2/c1-18-7-6-12(9-18)10-19(2)11-15(20)13-4-5-16(21-3)14(17)8-13/h4-5,8,12H,6-7,9-11H2,1-3H3. The summed E-state index contributed by atoms with van der Waals surface area (Å²) in [6, 6.07) is 5.19. The number of nitrogens with zero attached hydrogens (tertiary/aromatic N) is 2. The molecule has 0 bridgehead atoms. The van der Waals surface area contributed by atoms with E-state index in [-0.39, 0.29) is 5.78 Å². The third-order valence-electron chi connectivity index (χ3n) is 3.95. The van der Waals surface area contributed by atoms with E-state index >= 15 is 0 Å². The maximum atomic E-state index is 12.3. The van der Waals surface area contributed by atoms with E-state index in [2.05, 4.69) is 16.8 Å². The Kier molecular flexibility index (Phi) is 5.62. The molecule has 5 heteroatoms. The van der Waals surface area contributed by atoms with Crippen molar-refractivity contribution in [2.75, 3.05) is 47.4 Å². The van der Waals surface area contributed by atoms with Crippen molar-refractivity contribution in [3.63, 3.8) is 0 Å². The summed E-state index contributed by atoms with van der Waals surface area (Å²) in [5.41, 5.74) is 0.635. The zero-order valence-electron chi connectivity index (χ0n) is 12.9. The number of benzene rings is 1. The molecule has 4 nitrogen and oxygen atoms in total. The molecule has 1 aliphatic heterocycles. The lowest BCUT2D eigenvalue weighted by Gasteiger charge is -2.20. The minimum atomic E-state index is 0.0911. The van der Waals surface area contributed by atoms with Crippen molar-refractivity contribution in [3.05, 3.63) is 28.8 Å². The number of ether oxygens (including phenoxy) is 1. The van der Waals surface area contributed by atoms with Crippen molar-refractivity contribution < 1.29 is 9.53 Å². The van der Waals surface area contributed by atoms with Gasteiger partial charge in [-0.05, 0) is 51.2 Å². The fourth-order valence-electron chi connectivity index (χ4n) is 2.86. The number of Topliss-reactive ketones (excluding diaryl/α,β-unsaturated/α-hetero) is 1. The van der Waals surface area contributed by atoms with E-state index < -0.39 is 0 Å². The monoisotopic (exact) mass is 310 g/mol. The Morgan fingerprint density at radius 2 is 2.29 bits per heavy atom. The molecule has 1 aliphatic rings. The molecule has 1 heterocycles. The number of rotatable bonds is 6. The Labute approximate surface area is 131 Å². The summed E-state index contributed by atoms with van der Waals surface area (Å²) in [5, 5.41) is 0.475. The number of likely N-dealkylation sites (tertiary alicyclic amines) is 1. The number of carbonyl (C=O) groups is 1. The predicted molar refractivity (Wildman–Crippen MR) is 85.4 cm³/mol. The first kappa shape index (κ1) is 16.3. The third-order valence-corrected chi connectivity index (χ3v) is 4.24. The molecule has 0 spiro atoms. The maximum Gasteiger partial charge on any atom is 0.176 e. The highest BCUT2D eigenvalue weighted by Crippen LogP contribution is 2.25. The fourth-order valence-corrected chi connectivity index (χ4v) is 3.11. The highest BCUT2D eigenvalue weighted by atomic mass is 35.5. The van der Waals surface area contributed by atoms with Crippen molar-refractivity contribution in [1.29, 1.82) is 0 Å². The second-order valence-electron chi connectivity index (χ2n) is 5.89. The molecule has 1 atom stereocenters. The van der Waals surface area contributed by atoms with Crippen LogP contribution >= 0.6 is 11.6 Å². The number of carbonyl (C=O) groups excluding carboxylic acids is 1. The molecule has 0 saturated carbocycles. The van der Waals surface area contributed by atoms with Gasteiger partial charge in [0.05, 0.1) is 18.7 Å². The fraction of sp³-hybridized carbons (Fsp3) is 0.562. The second-order valence-corrected chi connectivity index (χ2v) is 6.29. The Balaban J connectivity index is 1.90. The van der Waals surface area contributed by atoms with Crippen molar-refractivity contribution in [3.8, 4) is 5.75 Å². The largest absolute Gasteiger partial charge is 0.495 e. The summed E-state index contributed by atoms with van der Waals surface area (Å²) < 4.78 is 5.10. The van der Waals surface area contributed by atoms with Crippen molar-refractivity contribution in [2.24, 2.45) is 5.92 Å². The van der Waals surface area contributed by atoms with Crippen LogP contribution in [0.25, 0.3) is 0 Å². The molecule has 1 unspecified atom stereocenters. The Morgan fingerprint density at radius 3 is 2.86 bits per heavy atom. The molecular formula is C16H23ClN2O2. The van der Waals surface area contributed by atoms with Crippen molar-refractivity contribution in [1.82, 2.24) is 9.80 Å². The van der Waals surface area contributed by atoms with E-state index in [1.54, 1.807) is 25.3 Å². The maximum absolute atomic E-state index is 12.3. The summed E-state index contributed by atoms with van der Waals surface area (Å²) in [7, 11) is 5.71. The van der Waals surface area contributed by atoms with Crippen molar-refractivity contribution >= 4 is 17.4 Å². The van der Waals surface area contributed by atoms with Gasteiger partial charge in [-0.2, -0.15) is 0 Å². The van der Waals surface area contributed by atoms with E-state index in [1.807, 2.05) is 7.05 Å². The summed E-state index contributed by atoms with van der Waals surface area (Å²) in [4.78, 5) is 16.7. The highest BCUT2D eigenvalue weighted by Gasteiger charge is 2.21. The number of methoxy groups -OCH3 is 1. The van der Waals surface area contributed by atoms with Crippen LogP contribution < -0.4 is 4.74 Å². The Bertz CT molecular complexity index is 507. The van der Waals surface area contributed by atoms with Crippen LogP contribution in [0.1, 0.15) is 16.8 Å². The minimum absolute atomic E-state index is 0.0911. The summed E-state index contributed by atoms with van der Waals surface area (Å²) in [6.45, 7) is 3.65. The van der Waals surface area contributed by atoms with Gasteiger partial charge in [0.1, 0.15) is 5.75 Å².